The quantitative estimate of drug-likeness (QED) is 0.871. The summed E-state index contributed by atoms with van der Waals surface area (Å²) in [6.07, 6.45) is 1.88. The van der Waals surface area contributed by atoms with Gasteiger partial charge in [0.25, 0.3) is 0 Å². The van der Waals surface area contributed by atoms with E-state index in [-0.39, 0.29) is 24.0 Å². The predicted molar refractivity (Wildman–Crippen MR) is 87.9 cm³/mol. The Morgan fingerprint density at radius 2 is 2.14 bits per heavy atom. The number of hydrogen-bond donors (Lipinski definition) is 1. The van der Waals surface area contributed by atoms with Gasteiger partial charge in [0.05, 0.1) is 17.0 Å². The van der Waals surface area contributed by atoms with E-state index in [0.29, 0.717) is 6.54 Å². The van der Waals surface area contributed by atoms with Gasteiger partial charge >= 0.3 is 0 Å². The van der Waals surface area contributed by atoms with Crippen molar-refractivity contribution >= 4 is 48.5 Å². The molecular weight excluding hydrogens is 370 g/mol. The number of pyridine rings is 1. The highest BCUT2D eigenvalue weighted by Gasteiger charge is 2.33. The van der Waals surface area contributed by atoms with Gasteiger partial charge in [-0.15, -0.1) is 0 Å². The molecule has 1 aliphatic heterocycles. The number of rotatable bonds is 3. The predicted octanol–water partition coefficient (Wildman–Crippen LogP) is 1.64. The number of halogens is 1. The Labute approximate surface area is 136 Å². The summed E-state index contributed by atoms with van der Waals surface area (Å²) in [5.74, 6) is -0.555. The van der Waals surface area contributed by atoms with E-state index in [2.05, 4.69) is 20.9 Å². The van der Waals surface area contributed by atoms with Crippen molar-refractivity contribution in [1.82, 2.24) is 4.98 Å². The smallest absolute Gasteiger partial charge is 0.227 e. The van der Waals surface area contributed by atoms with Crippen molar-refractivity contribution in [3.05, 3.63) is 34.9 Å². The number of carbonyl (C=O) groups excluding carboxylic acids is 1. The molecule has 1 aromatic heterocycles. The van der Waals surface area contributed by atoms with E-state index in [1.54, 1.807) is 17.2 Å². The fourth-order valence-corrected chi connectivity index (χ4v) is 4.14. The van der Waals surface area contributed by atoms with Crippen molar-refractivity contribution in [2.45, 2.75) is 6.42 Å². The molecule has 0 bridgehead atoms. The second kappa shape index (κ2) is 5.60. The average Bonchev–Trinajstić information content (AvgIpc) is 2.78. The number of aromatic nitrogens is 1. The molecule has 0 saturated carbocycles. The Hall–Kier alpha value is -1.51. The molecule has 0 spiro atoms. The van der Waals surface area contributed by atoms with Crippen LogP contribution in [0.15, 0.2) is 34.9 Å². The molecule has 1 unspecified atom stereocenters. The van der Waals surface area contributed by atoms with Crippen LogP contribution in [0.2, 0.25) is 0 Å². The van der Waals surface area contributed by atoms with Gasteiger partial charge in [-0.05, 0) is 40.2 Å². The monoisotopic (exact) mass is 383 g/mol. The Bertz CT molecular complexity index is 854. The Morgan fingerprint density at radius 1 is 1.36 bits per heavy atom. The van der Waals surface area contributed by atoms with Crippen LogP contribution < -0.4 is 10.0 Å². The van der Waals surface area contributed by atoms with E-state index in [9.17, 15) is 13.2 Å². The zero-order valence-corrected chi connectivity index (χ0v) is 14.0. The van der Waals surface area contributed by atoms with E-state index in [4.69, 9.17) is 5.14 Å². The number of nitrogens with two attached hydrogens (primary N) is 1. The first-order valence-corrected chi connectivity index (χ1v) is 9.20. The number of hydrogen-bond acceptors (Lipinski definition) is 4. The number of primary sulfonamides is 1. The molecule has 2 aromatic rings. The van der Waals surface area contributed by atoms with Crippen molar-refractivity contribution < 1.29 is 13.2 Å². The van der Waals surface area contributed by atoms with Gasteiger partial charge < -0.3 is 4.90 Å². The second-order valence-corrected chi connectivity index (χ2v) is 7.88. The van der Waals surface area contributed by atoms with E-state index >= 15 is 0 Å². The van der Waals surface area contributed by atoms with E-state index in [1.165, 1.54) is 0 Å². The topological polar surface area (TPSA) is 93.4 Å². The summed E-state index contributed by atoms with van der Waals surface area (Å²) in [4.78, 5) is 18.2. The lowest BCUT2D eigenvalue weighted by atomic mass is 10.1. The fourth-order valence-electron chi connectivity index (χ4n) is 2.81. The molecule has 22 heavy (non-hydrogen) atoms. The molecular formula is C14H14BrN3O3S. The maximum absolute atomic E-state index is 12.3. The van der Waals surface area contributed by atoms with E-state index < -0.39 is 10.0 Å². The van der Waals surface area contributed by atoms with Crippen LogP contribution in [-0.4, -0.2) is 31.6 Å². The molecule has 0 radical (unpaired) electrons. The highest BCUT2D eigenvalue weighted by Crippen LogP contribution is 2.34. The largest absolute Gasteiger partial charge is 0.311 e. The first kappa shape index (κ1) is 15.4. The Balaban J connectivity index is 1.98. The molecule has 1 aromatic carbocycles. The third kappa shape index (κ3) is 2.99. The second-order valence-electron chi connectivity index (χ2n) is 5.37. The molecule has 1 atom stereocenters. The SMILES string of the molecule is NS(=O)(=O)CC1CC(=O)N(c2ccc(Br)c3ncccc23)C1. The van der Waals surface area contributed by atoms with Gasteiger partial charge in [-0.3, -0.25) is 9.78 Å². The standard InChI is InChI=1S/C14H14BrN3O3S/c15-11-3-4-12(10-2-1-5-17-14(10)11)18-7-9(6-13(18)19)8-22(16,20)21/h1-5,9H,6-8H2,(H2,16,20,21). The van der Waals surface area contributed by atoms with Crippen LogP contribution in [-0.2, 0) is 14.8 Å². The van der Waals surface area contributed by atoms with Crippen LogP contribution in [0.3, 0.4) is 0 Å². The van der Waals surface area contributed by atoms with Crippen LogP contribution in [0.4, 0.5) is 5.69 Å². The van der Waals surface area contributed by atoms with Crippen LogP contribution in [0.25, 0.3) is 10.9 Å². The molecule has 8 heteroatoms. The van der Waals surface area contributed by atoms with Crippen molar-refractivity contribution in [2.75, 3.05) is 17.2 Å². The minimum atomic E-state index is -3.58. The van der Waals surface area contributed by atoms with Crippen molar-refractivity contribution in [2.24, 2.45) is 11.1 Å². The fraction of sp³-hybridized carbons (Fsp3) is 0.286. The summed E-state index contributed by atoms with van der Waals surface area (Å²) in [7, 11) is -3.58. The van der Waals surface area contributed by atoms with Gasteiger partial charge in [-0.2, -0.15) is 0 Å². The number of nitrogens with zero attached hydrogens (tertiary/aromatic N) is 2. The number of benzene rings is 1. The van der Waals surface area contributed by atoms with E-state index in [1.807, 2.05) is 18.2 Å². The molecule has 6 nitrogen and oxygen atoms in total. The maximum atomic E-state index is 12.3. The van der Waals surface area contributed by atoms with Gasteiger partial charge in [-0.1, -0.05) is 0 Å². The molecule has 1 saturated heterocycles. The van der Waals surface area contributed by atoms with Crippen LogP contribution in [0.1, 0.15) is 6.42 Å². The summed E-state index contributed by atoms with van der Waals surface area (Å²) in [6.45, 7) is 0.348. The molecule has 0 aliphatic carbocycles. The molecule has 116 valence electrons. The average molecular weight is 384 g/mol. The van der Waals surface area contributed by atoms with Crippen LogP contribution in [0.5, 0.6) is 0 Å². The zero-order valence-electron chi connectivity index (χ0n) is 11.6. The minimum Gasteiger partial charge on any atom is -0.311 e. The lowest BCUT2D eigenvalue weighted by molar-refractivity contribution is -0.117. The molecule has 1 amide bonds. The summed E-state index contributed by atoms with van der Waals surface area (Å²) in [6, 6.07) is 7.37. The highest BCUT2D eigenvalue weighted by molar-refractivity contribution is 9.10. The third-order valence-corrected chi connectivity index (χ3v) is 5.24. The molecule has 2 N–H and O–H groups in total. The van der Waals surface area contributed by atoms with Crippen molar-refractivity contribution in [1.29, 1.82) is 0 Å². The summed E-state index contributed by atoms with van der Waals surface area (Å²) in [5, 5.41) is 5.93. The zero-order chi connectivity index (χ0) is 15.9. The van der Waals surface area contributed by atoms with Crippen molar-refractivity contribution in [3.63, 3.8) is 0 Å². The lowest BCUT2D eigenvalue weighted by Gasteiger charge is -2.19. The number of amides is 1. The minimum absolute atomic E-state index is 0.0962. The van der Waals surface area contributed by atoms with Crippen LogP contribution in [0, 0.1) is 5.92 Å². The van der Waals surface area contributed by atoms with E-state index in [0.717, 1.165) is 21.1 Å². The van der Waals surface area contributed by atoms with Gasteiger partial charge in [0.2, 0.25) is 15.9 Å². The normalized spacial score (nSPS) is 19.1. The number of sulfonamides is 1. The van der Waals surface area contributed by atoms with Crippen molar-refractivity contribution in [3.8, 4) is 0 Å². The summed E-state index contributed by atoms with van der Waals surface area (Å²) < 4.78 is 23.3. The number of carbonyl (C=O) groups is 1. The number of fused-ring (bicyclic) bond motifs is 1. The molecule has 3 rings (SSSR count). The van der Waals surface area contributed by atoms with Gasteiger partial charge in [0.15, 0.2) is 0 Å². The van der Waals surface area contributed by atoms with Gasteiger partial charge in [0.1, 0.15) is 0 Å². The third-order valence-electron chi connectivity index (χ3n) is 3.66. The molecule has 2 heterocycles. The van der Waals surface area contributed by atoms with Crippen LogP contribution >= 0.6 is 15.9 Å². The first-order chi connectivity index (χ1) is 10.3. The van der Waals surface area contributed by atoms with Gasteiger partial charge in [0, 0.05) is 34.9 Å². The highest BCUT2D eigenvalue weighted by atomic mass is 79.9. The number of anilines is 1. The molecule has 1 fully saturated rings. The Morgan fingerprint density at radius 3 is 2.86 bits per heavy atom. The van der Waals surface area contributed by atoms with Gasteiger partial charge in [-0.25, -0.2) is 13.6 Å². The summed E-state index contributed by atoms with van der Waals surface area (Å²) >= 11 is 3.44. The summed E-state index contributed by atoms with van der Waals surface area (Å²) in [5.41, 5.74) is 1.51. The molecule has 1 aliphatic rings. The Kier molecular flexibility index (Phi) is 3.92. The maximum Gasteiger partial charge on any atom is 0.227 e. The lowest BCUT2D eigenvalue weighted by Crippen LogP contribution is -2.27. The first-order valence-electron chi connectivity index (χ1n) is 6.69.